The third kappa shape index (κ3) is 2.83. The van der Waals surface area contributed by atoms with Crippen molar-refractivity contribution in [2.75, 3.05) is 19.0 Å². The molecule has 0 radical (unpaired) electrons. The van der Waals surface area contributed by atoms with E-state index in [0.29, 0.717) is 0 Å². The van der Waals surface area contributed by atoms with Crippen LogP contribution in [0.2, 0.25) is 0 Å². The highest BCUT2D eigenvalue weighted by Crippen LogP contribution is 2.21. The lowest BCUT2D eigenvalue weighted by Crippen LogP contribution is -2.08. The molecule has 1 N–H and O–H groups in total. The van der Waals surface area contributed by atoms with Crippen LogP contribution in [0.15, 0.2) is 30.5 Å². The van der Waals surface area contributed by atoms with Gasteiger partial charge in [0.1, 0.15) is 5.75 Å². The van der Waals surface area contributed by atoms with Crippen molar-refractivity contribution in [1.82, 2.24) is 9.78 Å². The molecule has 1 heterocycles. The molecule has 2 rings (SSSR count). The highest BCUT2D eigenvalue weighted by molar-refractivity contribution is 5.50. The molecule has 18 heavy (non-hydrogen) atoms. The van der Waals surface area contributed by atoms with E-state index in [-0.39, 0.29) is 0 Å². The first-order valence-corrected chi connectivity index (χ1v) is 6.06. The van der Waals surface area contributed by atoms with Crippen LogP contribution in [0, 0.1) is 6.92 Å². The van der Waals surface area contributed by atoms with E-state index in [2.05, 4.69) is 16.5 Å². The zero-order valence-electron chi connectivity index (χ0n) is 11.1. The number of aromatic nitrogens is 2. The fraction of sp³-hybridized carbons (Fsp3) is 0.357. The summed E-state index contributed by atoms with van der Waals surface area (Å²) in [4.78, 5) is 0. The Balaban J connectivity index is 1.91. The van der Waals surface area contributed by atoms with E-state index in [1.54, 1.807) is 7.11 Å². The second-order valence-electron chi connectivity index (χ2n) is 4.31. The maximum absolute atomic E-state index is 5.24. The normalized spacial score (nSPS) is 10.4. The van der Waals surface area contributed by atoms with Crippen LogP contribution < -0.4 is 10.1 Å². The van der Waals surface area contributed by atoms with E-state index >= 15 is 0 Å². The van der Waals surface area contributed by atoms with Gasteiger partial charge in [-0.15, -0.1) is 0 Å². The maximum atomic E-state index is 5.24. The van der Waals surface area contributed by atoms with E-state index in [9.17, 15) is 0 Å². The quantitative estimate of drug-likeness (QED) is 0.879. The van der Waals surface area contributed by atoms with E-state index in [0.717, 1.165) is 30.0 Å². The van der Waals surface area contributed by atoms with Crippen molar-refractivity contribution in [3.8, 4) is 5.75 Å². The number of rotatable bonds is 5. The summed E-state index contributed by atoms with van der Waals surface area (Å²) in [6.45, 7) is 2.94. The van der Waals surface area contributed by atoms with Gasteiger partial charge in [-0.25, -0.2) is 0 Å². The van der Waals surface area contributed by atoms with Crippen molar-refractivity contribution >= 4 is 5.69 Å². The van der Waals surface area contributed by atoms with Gasteiger partial charge in [-0.3, -0.25) is 4.68 Å². The van der Waals surface area contributed by atoms with E-state index < -0.39 is 0 Å². The average molecular weight is 245 g/mol. The van der Waals surface area contributed by atoms with E-state index in [1.165, 1.54) is 5.69 Å². The minimum atomic E-state index is 0.894. The minimum absolute atomic E-state index is 0.894. The number of nitrogens with zero attached hydrogens (tertiary/aromatic N) is 2. The number of hydrogen-bond acceptors (Lipinski definition) is 3. The molecule has 0 fully saturated rings. The zero-order valence-corrected chi connectivity index (χ0v) is 11.1. The predicted molar refractivity (Wildman–Crippen MR) is 73.1 cm³/mol. The molecule has 0 aliphatic rings. The molecule has 0 aliphatic heterocycles. The molecule has 0 amide bonds. The third-order valence-corrected chi connectivity index (χ3v) is 3.03. The van der Waals surface area contributed by atoms with Crippen LogP contribution in [0.4, 0.5) is 5.69 Å². The number of anilines is 1. The first kappa shape index (κ1) is 12.5. The lowest BCUT2D eigenvalue weighted by atomic mass is 10.2. The fourth-order valence-corrected chi connectivity index (χ4v) is 1.97. The van der Waals surface area contributed by atoms with Crippen LogP contribution in [-0.4, -0.2) is 23.4 Å². The molecule has 0 bridgehead atoms. The second-order valence-corrected chi connectivity index (χ2v) is 4.31. The fourth-order valence-electron chi connectivity index (χ4n) is 1.97. The molecule has 0 spiro atoms. The lowest BCUT2D eigenvalue weighted by Gasteiger charge is -2.10. The van der Waals surface area contributed by atoms with Crippen LogP contribution >= 0.6 is 0 Å². The summed E-state index contributed by atoms with van der Waals surface area (Å²) in [5.41, 5.74) is 3.49. The van der Waals surface area contributed by atoms with Crippen molar-refractivity contribution in [2.24, 2.45) is 7.05 Å². The molecule has 2 aromatic rings. The van der Waals surface area contributed by atoms with Crippen LogP contribution in [0.25, 0.3) is 0 Å². The van der Waals surface area contributed by atoms with Crippen molar-refractivity contribution in [1.29, 1.82) is 0 Å². The first-order chi connectivity index (χ1) is 8.70. The molecule has 4 nitrogen and oxygen atoms in total. The van der Waals surface area contributed by atoms with Crippen LogP contribution in [0.3, 0.4) is 0 Å². The molecule has 0 saturated carbocycles. The minimum Gasteiger partial charge on any atom is -0.496 e. The Morgan fingerprint density at radius 2 is 2.17 bits per heavy atom. The average Bonchev–Trinajstić information content (AvgIpc) is 2.75. The number of ether oxygens (including phenoxy) is 1. The van der Waals surface area contributed by atoms with Crippen LogP contribution in [0.1, 0.15) is 11.3 Å². The van der Waals surface area contributed by atoms with Gasteiger partial charge in [-0.05, 0) is 36.8 Å². The van der Waals surface area contributed by atoms with Crippen molar-refractivity contribution in [3.05, 3.63) is 41.7 Å². The van der Waals surface area contributed by atoms with Crippen LogP contribution in [-0.2, 0) is 13.5 Å². The summed E-state index contributed by atoms with van der Waals surface area (Å²) in [6.07, 6.45) is 2.79. The predicted octanol–water partition coefficient (Wildman–Crippen LogP) is 2.39. The Morgan fingerprint density at radius 3 is 2.78 bits per heavy atom. The van der Waals surface area contributed by atoms with Gasteiger partial charge in [0.2, 0.25) is 0 Å². The van der Waals surface area contributed by atoms with Gasteiger partial charge in [0.05, 0.1) is 7.11 Å². The molecular formula is C14H19N3O. The molecule has 4 heteroatoms. The monoisotopic (exact) mass is 245 g/mol. The molecular weight excluding hydrogens is 226 g/mol. The number of nitrogens with one attached hydrogen (secondary N) is 1. The Morgan fingerprint density at radius 1 is 1.33 bits per heavy atom. The first-order valence-electron chi connectivity index (χ1n) is 6.06. The van der Waals surface area contributed by atoms with Gasteiger partial charge in [0.25, 0.3) is 0 Å². The Kier molecular flexibility index (Phi) is 3.87. The number of benzene rings is 1. The summed E-state index contributed by atoms with van der Waals surface area (Å²) in [7, 11) is 3.66. The largest absolute Gasteiger partial charge is 0.496 e. The van der Waals surface area contributed by atoms with Gasteiger partial charge in [-0.2, -0.15) is 5.10 Å². The summed E-state index contributed by atoms with van der Waals surface area (Å²) in [5, 5.41) is 7.56. The maximum Gasteiger partial charge on any atom is 0.121 e. The number of methoxy groups -OCH3 is 1. The number of hydrogen-bond donors (Lipinski definition) is 1. The standard InChI is InChI=1S/C14H19N3O/c1-11-10-12(4-5-14(11)18-3)15-8-6-13-7-9-16-17(13)2/h4-5,7,9-10,15H,6,8H2,1-3H3. The second kappa shape index (κ2) is 5.58. The van der Waals surface area contributed by atoms with Crippen molar-refractivity contribution in [2.45, 2.75) is 13.3 Å². The molecule has 1 aromatic carbocycles. The molecule has 0 aliphatic carbocycles. The lowest BCUT2D eigenvalue weighted by molar-refractivity contribution is 0.412. The molecule has 1 aromatic heterocycles. The van der Waals surface area contributed by atoms with Gasteiger partial charge >= 0.3 is 0 Å². The van der Waals surface area contributed by atoms with Crippen LogP contribution in [0.5, 0.6) is 5.75 Å². The van der Waals surface area contributed by atoms with Gasteiger partial charge in [0, 0.05) is 37.6 Å². The Hall–Kier alpha value is -1.97. The van der Waals surface area contributed by atoms with E-state index in [4.69, 9.17) is 4.74 Å². The van der Waals surface area contributed by atoms with E-state index in [1.807, 2.05) is 43.0 Å². The Bertz CT molecular complexity index is 520. The Labute approximate surface area is 108 Å². The molecule has 0 unspecified atom stereocenters. The molecule has 0 saturated heterocycles. The smallest absolute Gasteiger partial charge is 0.121 e. The SMILES string of the molecule is COc1ccc(NCCc2ccnn2C)cc1C. The molecule has 96 valence electrons. The summed E-state index contributed by atoms with van der Waals surface area (Å²) >= 11 is 0. The van der Waals surface area contributed by atoms with Gasteiger partial charge in [-0.1, -0.05) is 0 Å². The number of aryl methyl sites for hydroxylation is 2. The van der Waals surface area contributed by atoms with Gasteiger partial charge < -0.3 is 10.1 Å². The highest BCUT2D eigenvalue weighted by atomic mass is 16.5. The topological polar surface area (TPSA) is 39.1 Å². The zero-order chi connectivity index (χ0) is 13.0. The third-order valence-electron chi connectivity index (χ3n) is 3.03. The molecule has 0 atom stereocenters. The summed E-state index contributed by atoms with van der Waals surface area (Å²) in [6, 6.07) is 8.17. The van der Waals surface area contributed by atoms with Crippen molar-refractivity contribution in [3.63, 3.8) is 0 Å². The summed E-state index contributed by atoms with van der Waals surface area (Å²) < 4.78 is 7.14. The summed E-state index contributed by atoms with van der Waals surface area (Å²) in [5.74, 6) is 0.923. The highest BCUT2D eigenvalue weighted by Gasteiger charge is 2.01. The van der Waals surface area contributed by atoms with Gasteiger partial charge in [0.15, 0.2) is 0 Å². The van der Waals surface area contributed by atoms with Crippen molar-refractivity contribution < 1.29 is 4.74 Å².